The van der Waals surface area contributed by atoms with Gasteiger partial charge in [-0.25, -0.2) is 4.79 Å². The third kappa shape index (κ3) is 5.67. The molecule has 0 aromatic heterocycles. The number of hydrogen-bond donors (Lipinski definition) is 2. The summed E-state index contributed by atoms with van der Waals surface area (Å²) in [5.74, 6) is -1.86. The summed E-state index contributed by atoms with van der Waals surface area (Å²) in [5, 5.41) is 11.4. The fourth-order valence-electron chi connectivity index (χ4n) is 1.77. The number of hydrogen-bond acceptors (Lipinski definition) is 3. The van der Waals surface area contributed by atoms with Crippen molar-refractivity contribution in [3.05, 3.63) is 34.3 Å². The van der Waals surface area contributed by atoms with Crippen LogP contribution in [0.3, 0.4) is 0 Å². The summed E-state index contributed by atoms with van der Waals surface area (Å²) in [6.45, 7) is 3.43. The molecule has 0 fully saturated rings. The molecule has 21 heavy (non-hydrogen) atoms. The lowest BCUT2D eigenvalue weighted by Crippen LogP contribution is -2.44. The lowest BCUT2D eigenvalue weighted by atomic mass is 10.0. The first-order chi connectivity index (χ1) is 9.81. The second kappa shape index (κ2) is 7.93. The maximum absolute atomic E-state index is 11.9. The molecule has 1 aromatic carbocycles. The number of aliphatic carboxylic acids is 1. The second-order valence-corrected chi connectivity index (χ2v) is 5.97. The summed E-state index contributed by atoms with van der Waals surface area (Å²) in [7, 11) is 0. The number of rotatable bonds is 7. The van der Waals surface area contributed by atoms with Crippen molar-refractivity contribution in [1.82, 2.24) is 5.32 Å². The van der Waals surface area contributed by atoms with Crippen molar-refractivity contribution in [3.63, 3.8) is 0 Å². The molecule has 114 valence electrons. The largest absolute Gasteiger partial charge is 0.480 e. The maximum atomic E-state index is 11.9. The average molecular weight is 356 g/mol. The van der Waals surface area contributed by atoms with E-state index in [0.717, 1.165) is 4.47 Å². The quantitative estimate of drug-likeness (QED) is 0.736. The van der Waals surface area contributed by atoms with Crippen LogP contribution in [0.4, 0.5) is 0 Å². The van der Waals surface area contributed by atoms with Crippen molar-refractivity contribution in [2.75, 3.05) is 0 Å². The van der Waals surface area contributed by atoms with Crippen molar-refractivity contribution in [2.24, 2.45) is 5.92 Å². The van der Waals surface area contributed by atoms with Crippen LogP contribution in [0.15, 0.2) is 28.7 Å². The molecular formula is C15H18BrNO4. The van der Waals surface area contributed by atoms with Crippen LogP contribution in [0.5, 0.6) is 0 Å². The van der Waals surface area contributed by atoms with E-state index in [1.54, 1.807) is 38.1 Å². The molecule has 1 rings (SSSR count). The van der Waals surface area contributed by atoms with Gasteiger partial charge in [-0.05, 0) is 18.1 Å². The van der Waals surface area contributed by atoms with Crippen molar-refractivity contribution in [1.29, 1.82) is 0 Å². The summed E-state index contributed by atoms with van der Waals surface area (Å²) in [5.41, 5.74) is 0.532. The Labute approximate surface area is 131 Å². The Morgan fingerprint density at radius 1 is 1.14 bits per heavy atom. The van der Waals surface area contributed by atoms with Gasteiger partial charge >= 0.3 is 5.97 Å². The molecule has 0 unspecified atom stereocenters. The molecule has 5 nitrogen and oxygen atoms in total. The summed E-state index contributed by atoms with van der Waals surface area (Å²) < 4.78 is 0.873. The van der Waals surface area contributed by atoms with Crippen LogP contribution in [0.25, 0.3) is 0 Å². The number of Topliss-reactive ketones (excluding diaryl/α,β-unsaturated/α-hetero) is 1. The summed E-state index contributed by atoms with van der Waals surface area (Å²) in [6.07, 6.45) is 0.0310. The minimum absolute atomic E-state index is 0.0224. The molecule has 0 saturated carbocycles. The Bertz CT molecular complexity index is 525. The molecule has 0 aliphatic heterocycles. The molecule has 0 bridgehead atoms. The number of carboxylic acids is 1. The molecule has 0 spiro atoms. The van der Waals surface area contributed by atoms with E-state index in [0.29, 0.717) is 5.56 Å². The fraction of sp³-hybridized carbons (Fsp3) is 0.400. The highest BCUT2D eigenvalue weighted by molar-refractivity contribution is 9.10. The van der Waals surface area contributed by atoms with Gasteiger partial charge in [0.2, 0.25) is 5.91 Å². The topological polar surface area (TPSA) is 83.5 Å². The Balaban J connectivity index is 2.51. The molecule has 1 atom stereocenters. The number of carboxylic acid groups (broad SMARTS) is 1. The van der Waals surface area contributed by atoms with Crippen LogP contribution in [-0.2, 0) is 9.59 Å². The Hall–Kier alpha value is -1.69. The average Bonchev–Trinajstić information content (AvgIpc) is 2.42. The highest BCUT2D eigenvalue weighted by Crippen LogP contribution is 2.12. The van der Waals surface area contributed by atoms with E-state index in [9.17, 15) is 14.4 Å². The van der Waals surface area contributed by atoms with E-state index >= 15 is 0 Å². The first-order valence-corrected chi connectivity index (χ1v) is 7.41. The standard InChI is InChI=1S/C15H18BrNO4/c1-9(2)14(15(20)21)17-13(19)8-7-12(18)10-3-5-11(16)6-4-10/h3-6,9,14H,7-8H2,1-2H3,(H,17,19)(H,20,21)/t14-/m0/s1. The SMILES string of the molecule is CC(C)[C@H](NC(=O)CCC(=O)c1ccc(Br)cc1)C(=O)O. The number of carbonyl (C=O) groups is 3. The number of benzene rings is 1. The number of ketones is 1. The third-order valence-electron chi connectivity index (χ3n) is 2.99. The Morgan fingerprint density at radius 3 is 2.19 bits per heavy atom. The number of amides is 1. The van der Waals surface area contributed by atoms with Crippen LogP contribution in [0.1, 0.15) is 37.0 Å². The van der Waals surface area contributed by atoms with Crippen LogP contribution in [-0.4, -0.2) is 28.8 Å². The van der Waals surface area contributed by atoms with Crippen LogP contribution in [0, 0.1) is 5.92 Å². The molecule has 1 amide bonds. The van der Waals surface area contributed by atoms with Crippen molar-refractivity contribution in [3.8, 4) is 0 Å². The molecule has 2 N–H and O–H groups in total. The number of nitrogens with one attached hydrogen (secondary N) is 1. The van der Waals surface area contributed by atoms with Gasteiger partial charge in [0.05, 0.1) is 0 Å². The molecular weight excluding hydrogens is 338 g/mol. The number of halogens is 1. The molecule has 0 heterocycles. The first kappa shape index (κ1) is 17.4. The zero-order chi connectivity index (χ0) is 16.0. The summed E-state index contributed by atoms with van der Waals surface area (Å²) >= 11 is 3.28. The van der Waals surface area contributed by atoms with Crippen LogP contribution >= 0.6 is 15.9 Å². The first-order valence-electron chi connectivity index (χ1n) is 6.62. The van der Waals surface area contributed by atoms with E-state index in [1.807, 2.05) is 0 Å². The van der Waals surface area contributed by atoms with E-state index in [2.05, 4.69) is 21.2 Å². The van der Waals surface area contributed by atoms with E-state index in [4.69, 9.17) is 5.11 Å². The van der Waals surface area contributed by atoms with E-state index < -0.39 is 17.9 Å². The van der Waals surface area contributed by atoms with Crippen molar-refractivity contribution in [2.45, 2.75) is 32.7 Å². The van der Waals surface area contributed by atoms with Crippen LogP contribution < -0.4 is 5.32 Å². The Morgan fingerprint density at radius 2 is 1.71 bits per heavy atom. The van der Waals surface area contributed by atoms with Crippen molar-refractivity contribution < 1.29 is 19.5 Å². The Kier molecular flexibility index (Phi) is 6.55. The highest BCUT2D eigenvalue weighted by atomic mass is 79.9. The van der Waals surface area contributed by atoms with E-state index in [1.165, 1.54) is 0 Å². The summed E-state index contributed by atoms with van der Waals surface area (Å²) in [4.78, 5) is 34.6. The second-order valence-electron chi connectivity index (χ2n) is 5.06. The van der Waals surface area contributed by atoms with Crippen LogP contribution in [0.2, 0.25) is 0 Å². The minimum atomic E-state index is -1.07. The molecule has 0 saturated heterocycles. The summed E-state index contributed by atoms with van der Waals surface area (Å²) in [6, 6.07) is 5.94. The monoisotopic (exact) mass is 355 g/mol. The fourth-order valence-corrected chi connectivity index (χ4v) is 2.03. The van der Waals surface area contributed by atoms with Gasteiger partial charge in [-0.2, -0.15) is 0 Å². The molecule has 0 aliphatic rings. The van der Waals surface area contributed by atoms with Gasteiger partial charge in [0.15, 0.2) is 5.78 Å². The van der Waals surface area contributed by atoms with Gasteiger partial charge in [0, 0.05) is 22.9 Å². The molecule has 6 heteroatoms. The van der Waals surface area contributed by atoms with Gasteiger partial charge in [0.1, 0.15) is 6.04 Å². The normalized spacial score (nSPS) is 12.0. The zero-order valence-electron chi connectivity index (χ0n) is 11.9. The lowest BCUT2D eigenvalue weighted by molar-refractivity contribution is -0.143. The van der Waals surface area contributed by atoms with Gasteiger partial charge < -0.3 is 10.4 Å². The minimum Gasteiger partial charge on any atom is -0.480 e. The third-order valence-corrected chi connectivity index (χ3v) is 3.52. The lowest BCUT2D eigenvalue weighted by Gasteiger charge is -2.17. The predicted octanol–water partition coefficient (Wildman–Crippen LogP) is 2.64. The predicted molar refractivity (Wildman–Crippen MR) is 82.1 cm³/mol. The zero-order valence-corrected chi connectivity index (χ0v) is 13.5. The maximum Gasteiger partial charge on any atom is 0.326 e. The van der Waals surface area contributed by atoms with Gasteiger partial charge in [0.25, 0.3) is 0 Å². The molecule has 0 aliphatic carbocycles. The van der Waals surface area contributed by atoms with Crippen molar-refractivity contribution >= 4 is 33.6 Å². The smallest absolute Gasteiger partial charge is 0.326 e. The highest BCUT2D eigenvalue weighted by Gasteiger charge is 2.23. The van der Waals surface area contributed by atoms with Gasteiger partial charge in [-0.3, -0.25) is 9.59 Å². The van der Waals surface area contributed by atoms with E-state index in [-0.39, 0.29) is 24.5 Å². The molecule has 0 radical (unpaired) electrons. The molecule has 1 aromatic rings. The number of carbonyl (C=O) groups excluding carboxylic acids is 2. The van der Waals surface area contributed by atoms with Gasteiger partial charge in [-0.15, -0.1) is 0 Å². The van der Waals surface area contributed by atoms with Gasteiger partial charge in [-0.1, -0.05) is 41.9 Å².